The summed E-state index contributed by atoms with van der Waals surface area (Å²) in [6.07, 6.45) is 2.33. The molecule has 0 saturated carbocycles. The number of nitrogens with one attached hydrogen (secondary N) is 2. The highest BCUT2D eigenvalue weighted by Crippen LogP contribution is 2.26. The SMILES string of the molecule is Cc1c(NC(=O)c2ccccc2Br)ccc2nc(NC(C)(C)C(=O)N(C)CCc3ccccn3)oc(=O)c12. The van der Waals surface area contributed by atoms with E-state index >= 15 is 0 Å². The van der Waals surface area contributed by atoms with Crippen LogP contribution in [-0.2, 0) is 11.2 Å². The maximum absolute atomic E-state index is 13.1. The molecule has 2 aromatic carbocycles. The molecular weight excluding hydrogens is 550 g/mol. The minimum Gasteiger partial charge on any atom is -0.389 e. The van der Waals surface area contributed by atoms with Gasteiger partial charge in [-0.25, -0.2) is 4.79 Å². The average molecular weight is 578 g/mol. The van der Waals surface area contributed by atoms with Crippen LogP contribution in [0, 0.1) is 6.92 Å². The number of pyridine rings is 1. The lowest BCUT2D eigenvalue weighted by Crippen LogP contribution is -2.49. The summed E-state index contributed by atoms with van der Waals surface area (Å²) in [6.45, 7) is 5.59. The third kappa shape index (κ3) is 5.91. The highest BCUT2D eigenvalue weighted by atomic mass is 79.9. The number of fused-ring (bicyclic) bond motifs is 1. The first-order chi connectivity index (χ1) is 18.1. The first kappa shape index (κ1) is 27.0. The molecule has 10 heteroatoms. The number of benzene rings is 2. The summed E-state index contributed by atoms with van der Waals surface area (Å²) in [5.74, 6) is -0.512. The Morgan fingerprint density at radius 1 is 1.08 bits per heavy atom. The molecule has 0 fully saturated rings. The minimum atomic E-state index is -1.10. The summed E-state index contributed by atoms with van der Waals surface area (Å²) < 4.78 is 6.11. The molecule has 0 radical (unpaired) electrons. The van der Waals surface area contributed by atoms with E-state index in [4.69, 9.17) is 4.42 Å². The second kappa shape index (κ2) is 11.1. The van der Waals surface area contributed by atoms with E-state index in [0.717, 1.165) is 5.69 Å². The van der Waals surface area contributed by atoms with E-state index in [0.29, 0.717) is 39.8 Å². The normalized spacial score (nSPS) is 11.3. The van der Waals surface area contributed by atoms with Crippen LogP contribution < -0.4 is 16.3 Å². The molecule has 0 saturated heterocycles. The van der Waals surface area contributed by atoms with Crippen LogP contribution >= 0.6 is 15.9 Å². The van der Waals surface area contributed by atoms with E-state index in [2.05, 4.69) is 36.5 Å². The Labute approximate surface area is 228 Å². The van der Waals surface area contributed by atoms with Crippen molar-refractivity contribution in [2.45, 2.75) is 32.7 Å². The minimum absolute atomic E-state index is 0.0663. The second-order valence-electron chi connectivity index (χ2n) is 9.42. The number of halogens is 1. The zero-order valence-electron chi connectivity index (χ0n) is 21.5. The fraction of sp³-hybridized carbons (Fsp3) is 0.250. The van der Waals surface area contributed by atoms with Gasteiger partial charge < -0.3 is 20.0 Å². The number of aryl methyl sites for hydroxylation is 1. The van der Waals surface area contributed by atoms with Crippen molar-refractivity contribution in [3.8, 4) is 0 Å². The number of nitrogens with zero attached hydrogens (tertiary/aromatic N) is 3. The zero-order valence-corrected chi connectivity index (χ0v) is 23.1. The molecule has 0 aliphatic heterocycles. The summed E-state index contributed by atoms with van der Waals surface area (Å²) in [4.78, 5) is 49.2. The maximum Gasteiger partial charge on any atom is 0.348 e. The average Bonchev–Trinajstić information content (AvgIpc) is 2.88. The van der Waals surface area contributed by atoms with Crippen molar-refractivity contribution in [3.63, 3.8) is 0 Å². The van der Waals surface area contributed by atoms with Gasteiger partial charge in [0.05, 0.1) is 16.5 Å². The van der Waals surface area contributed by atoms with Gasteiger partial charge >= 0.3 is 5.63 Å². The van der Waals surface area contributed by atoms with E-state index in [1.54, 1.807) is 69.2 Å². The molecule has 0 spiro atoms. The second-order valence-corrected chi connectivity index (χ2v) is 10.3. The van der Waals surface area contributed by atoms with Crippen molar-refractivity contribution in [1.82, 2.24) is 14.9 Å². The lowest BCUT2D eigenvalue weighted by atomic mass is 10.0. The Bertz CT molecular complexity index is 1550. The maximum atomic E-state index is 13.1. The Kier molecular flexibility index (Phi) is 7.91. The molecule has 2 N–H and O–H groups in total. The predicted molar refractivity (Wildman–Crippen MR) is 150 cm³/mol. The van der Waals surface area contributed by atoms with E-state index < -0.39 is 11.2 Å². The van der Waals surface area contributed by atoms with Gasteiger partial charge in [-0.1, -0.05) is 18.2 Å². The largest absolute Gasteiger partial charge is 0.389 e. The Balaban J connectivity index is 1.51. The smallest absolute Gasteiger partial charge is 0.348 e. The predicted octanol–water partition coefficient (Wildman–Crippen LogP) is 4.80. The van der Waals surface area contributed by atoms with Gasteiger partial charge in [0.25, 0.3) is 11.9 Å². The number of rotatable bonds is 8. The van der Waals surface area contributed by atoms with E-state index in [1.807, 2.05) is 24.3 Å². The Morgan fingerprint density at radius 3 is 2.53 bits per heavy atom. The van der Waals surface area contributed by atoms with Gasteiger partial charge in [-0.05, 0) is 78.7 Å². The van der Waals surface area contributed by atoms with Crippen molar-refractivity contribution in [1.29, 1.82) is 0 Å². The quantitative estimate of drug-likeness (QED) is 0.309. The van der Waals surface area contributed by atoms with E-state index in [1.165, 1.54) is 0 Å². The molecular formula is C28H28BrN5O4. The molecule has 2 amide bonds. The highest BCUT2D eigenvalue weighted by molar-refractivity contribution is 9.10. The van der Waals surface area contributed by atoms with Gasteiger partial charge in [-0.3, -0.25) is 14.6 Å². The lowest BCUT2D eigenvalue weighted by molar-refractivity contribution is -0.133. The number of amides is 2. The van der Waals surface area contributed by atoms with E-state index in [-0.39, 0.29) is 23.2 Å². The molecule has 9 nitrogen and oxygen atoms in total. The molecule has 0 unspecified atom stereocenters. The molecule has 4 rings (SSSR count). The van der Waals surface area contributed by atoms with Crippen LogP contribution in [0.25, 0.3) is 10.9 Å². The molecule has 0 atom stereocenters. The van der Waals surface area contributed by atoms with Crippen molar-refractivity contribution in [3.05, 3.63) is 92.5 Å². The van der Waals surface area contributed by atoms with Crippen molar-refractivity contribution in [2.24, 2.45) is 0 Å². The number of carbonyl (C=O) groups is 2. The Morgan fingerprint density at radius 2 is 1.82 bits per heavy atom. The van der Waals surface area contributed by atoms with Crippen LogP contribution in [0.5, 0.6) is 0 Å². The van der Waals surface area contributed by atoms with Crippen LogP contribution in [0.2, 0.25) is 0 Å². The van der Waals surface area contributed by atoms with E-state index in [9.17, 15) is 14.4 Å². The number of hydrogen-bond donors (Lipinski definition) is 2. The monoisotopic (exact) mass is 577 g/mol. The first-order valence-electron chi connectivity index (χ1n) is 12.0. The van der Waals surface area contributed by atoms with Gasteiger partial charge in [-0.2, -0.15) is 4.98 Å². The summed E-state index contributed by atoms with van der Waals surface area (Å²) in [7, 11) is 1.71. The molecule has 2 heterocycles. The first-order valence-corrected chi connectivity index (χ1v) is 12.8. The zero-order chi connectivity index (χ0) is 27.4. The lowest BCUT2D eigenvalue weighted by Gasteiger charge is -2.30. The molecule has 0 aliphatic rings. The third-order valence-electron chi connectivity index (χ3n) is 6.16. The summed E-state index contributed by atoms with van der Waals surface area (Å²) in [5, 5.41) is 6.06. The fourth-order valence-corrected chi connectivity index (χ4v) is 4.54. The van der Waals surface area contributed by atoms with Crippen molar-refractivity contribution >= 4 is 50.3 Å². The van der Waals surface area contributed by atoms with Crippen molar-refractivity contribution < 1.29 is 14.0 Å². The van der Waals surface area contributed by atoms with Crippen LogP contribution in [0.15, 0.2) is 74.5 Å². The van der Waals surface area contributed by atoms with Crippen molar-refractivity contribution in [2.75, 3.05) is 24.2 Å². The molecule has 196 valence electrons. The van der Waals surface area contributed by atoms with Crippen LogP contribution in [-0.4, -0.2) is 45.8 Å². The van der Waals surface area contributed by atoms with Crippen LogP contribution in [0.1, 0.15) is 35.5 Å². The molecule has 0 aliphatic carbocycles. The van der Waals surface area contributed by atoms with Crippen LogP contribution in [0.3, 0.4) is 0 Å². The summed E-state index contributed by atoms with van der Waals surface area (Å²) in [5.41, 5.74) is 1.02. The number of carbonyl (C=O) groups excluding carboxylic acids is 2. The molecule has 2 aromatic heterocycles. The van der Waals surface area contributed by atoms with Gasteiger partial charge in [0.15, 0.2) is 0 Å². The molecule has 38 heavy (non-hydrogen) atoms. The van der Waals surface area contributed by atoms with Gasteiger partial charge in [0.2, 0.25) is 5.91 Å². The number of hydrogen-bond acceptors (Lipinski definition) is 7. The fourth-order valence-electron chi connectivity index (χ4n) is 4.07. The molecule has 0 bridgehead atoms. The number of aromatic nitrogens is 2. The van der Waals surface area contributed by atoms with Gasteiger partial charge in [0, 0.05) is 42.1 Å². The number of likely N-dealkylation sites (N-methyl/N-ethyl adjacent to an activating group) is 1. The van der Waals surface area contributed by atoms with Gasteiger partial charge in [0.1, 0.15) is 5.54 Å². The van der Waals surface area contributed by atoms with Gasteiger partial charge in [-0.15, -0.1) is 0 Å². The standard InChI is InChI=1S/C28H28BrN5O4/c1-17-21(31-24(35)19-10-5-6-11-20(19)29)12-13-22-23(17)25(36)38-27(32-22)33-28(2,3)26(37)34(4)16-14-18-9-7-8-15-30-18/h5-13,15H,14,16H2,1-4H3,(H,31,35)(H,32,33). The summed E-state index contributed by atoms with van der Waals surface area (Å²) in [6, 6.07) is 16.0. The van der Waals surface area contributed by atoms with Crippen LogP contribution in [0.4, 0.5) is 11.7 Å². The third-order valence-corrected chi connectivity index (χ3v) is 6.85. The topological polar surface area (TPSA) is 117 Å². The highest BCUT2D eigenvalue weighted by Gasteiger charge is 2.32. The summed E-state index contributed by atoms with van der Waals surface area (Å²) >= 11 is 3.38. The number of anilines is 2. The Hall–Kier alpha value is -4.05. The molecule has 4 aromatic rings.